The van der Waals surface area contributed by atoms with Crippen LogP contribution in [0.25, 0.3) is 0 Å². The fourth-order valence-corrected chi connectivity index (χ4v) is 4.89. The monoisotopic (exact) mass is 473 g/mol. The molecule has 168 valence electrons. The lowest BCUT2D eigenvalue weighted by atomic mass is 10.2. The van der Waals surface area contributed by atoms with Gasteiger partial charge in [0.1, 0.15) is 5.82 Å². The number of carbonyl (C=O) groups is 1. The van der Waals surface area contributed by atoms with E-state index in [0.717, 1.165) is 19.6 Å². The Morgan fingerprint density at radius 3 is 2.84 bits per heavy atom. The van der Waals surface area contributed by atoms with E-state index in [9.17, 15) is 9.18 Å². The minimum Gasteiger partial charge on any atom is -0.374 e. The number of nitrogens with one attached hydrogen (secondary N) is 2. The molecule has 0 spiro atoms. The summed E-state index contributed by atoms with van der Waals surface area (Å²) in [4.78, 5) is 14.6. The molecule has 2 N–H and O–H groups in total. The molecule has 1 fully saturated rings. The van der Waals surface area contributed by atoms with Crippen LogP contribution in [0.3, 0.4) is 0 Å². The molecule has 32 heavy (non-hydrogen) atoms. The van der Waals surface area contributed by atoms with E-state index >= 15 is 0 Å². The third-order valence-electron chi connectivity index (χ3n) is 4.85. The number of hydrogen-bond donors (Lipinski definition) is 2. The summed E-state index contributed by atoms with van der Waals surface area (Å²) in [6, 6.07) is 16.7. The second kappa shape index (κ2) is 11.4. The second-order valence-electron chi connectivity index (χ2n) is 7.28. The number of nitrogens with zero attached hydrogens (tertiary/aromatic N) is 3. The van der Waals surface area contributed by atoms with Gasteiger partial charge in [-0.15, -0.1) is 10.2 Å². The molecule has 4 rings (SSSR count). The summed E-state index contributed by atoms with van der Waals surface area (Å²) in [5.41, 5.74) is 1.61. The molecule has 2 heterocycles. The van der Waals surface area contributed by atoms with Gasteiger partial charge in [-0.2, -0.15) is 0 Å². The topological polar surface area (TPSA) is 79.4 Å². The highest BCUT2D eigenvalue weighted by Crippen LogP contribution is 2.28. The molecule has 0 aliphatic carbocycles. The quantitative estimate of drug-likeness (QED) is 0.460. The molecular weight excluding hydrogens is 449 g/mol. The number of amides is 1. The van der Waals surface area contributed by atoms with Gasteiger partial charge in [0.05, 0.1) is 24.2 Å². The van der Waals surface area contributed by atoms with Crippen molar-refractivity contribution in [2.45, 2.75) is 17.0 Å². The van der Waals surface area contributed by atoms with E-state index in [1.807, 2.05) is 18.2 Å². The van der Waals surface area contributed by atoms with Crippen molar-refractivity contribution in [2.75, 3.05) is 37.3 Å². The van der Waals surface area contributed by atoms with Crippen molar-refractivity contribution in [3.8, 4) is 0 Å². The minimum atomic E-state index is -0.358. The van der Waals surface area contributed by atoms with Gasteiger partial charge in [0.2, 0.25) is 11.0 Å². The van der Waals surface area contributed by atoms with Gasteiger partial charge in [-0.25, -0.2) is 4.39 Å². The average Bonchev–Trinajstić information content (AvgIpc) is 3.26. The lowest BCUT2D eigenvalue weighted by Gasteiger charge is -2.33. The molecule has 0 radical (unpaired) electrons. The normalized spacial score (nSPS) is 16.6. The molecular formula is C22H24FN5O2S2. The zero-order valence-electron chi connectivity index (χ0n) is 17.4. The van der Waals surface area contributed by atoms with E-state index in [4.69, 9.17) is 4.74 Å². The Bertz CT molecular complexity index is 1020. The molecule has 10 heteroatoms. The Kier molecular flexibility index (Phi) is 8.05. The van der Waals surface area contributed by atoms with Crippen LogP contribution in [0.15, 0.2) is 58.9 Å². The van der Waals surface area contributed by atoms with Gasteiger partial charge in [0, 0.05) is 26.2 Å². The third kappa shape index (κ3) is 6.73. The summed E-state index contributed by atoms with van der Waals surface area (Å²) in [5, 5.41) is 14.4. The first-order valence-corrected chi connectivity index (χ1v) is 12.1. The van der Waals surface area contributed by atoms with Crippen molar-refractivity contribution < 1.29 is 13.9 Å². The van der Waals surface area contributed by atoms with Crippen LogP contribution < -0.4 is 10.6 Å². The molecule has 1 saturated heterocycles. The lowest BCUT2D eigenvalue weighted by molar-refractivity contribution is -0.119. The van der Waals surface area contributed by atoms with E-state index in [1.54, 1.807) is 18.2 Å². The highest BCUT2D eigenvalue weighted by Gasteiger charge is 2.21. The first-order chi connectivity index (χ1) is 15.7. The molecule has 1 aromatic heterocycles. The summed E-state index contributed by atoms with van der Waals surface area (Å²) < 4.78 is 20.2. The Hall–Kier alpha value is -2.53. The minimum absolute atomic E-state index is 0.0282. The molecule has 1 aliphatic heterocycles. The van der Waals surface area contributed by atoms with Crippen LogP contribution in [-0.2, 0) is 16.1 Å². The van der Waals surface area contributed by atoms with Gasteiger partial charge in [0.25, 0.3) is 0 Å². The van der Waals surface area contributed by atoms with Gasteiger partial charge in [0.15, 0.2) is 4.34 Å². The highest BCUT2D eigenvalue weighted by atomic mass is 32.2. The summed E-state index contributed by atoms with van der Waals surface area (Å²) >= 11 is 2.58. The number of anilines is 2. The molecule has 1 amide bonds. The number of ether oxygens (including phenoxy) is 1. The fraction of sp³-hybridized carbons (Fsp3) is 0.318. The van der Waals surface area contributed by atoms with E-state index in [0.29, 0.717) is 28.3 Å². The highest BCUT2D eigenvalue weighted by molar-refractivity contribution is 8.01. The molecule has 0 bridgehead atoms. The SMILES string of the molecule is O=C(CSc1nnc(Nc2ccccc2F)s1)NCC1CN(Cc2ccccc2)CCO1. The van der Waals surface area contributed by atoms with Gasteiger partial charge in [-0.3, -0.25) is 9.69 Å². The summed E-state index contributed by atoms with van der Waals surface area (Å²) in [5.74, 6) is -0.212. The fourth-order valence-electron chi connectivity index (χ4n) is 3.29. The predicted octanol–water partition coefficient (Wildman–Crippen LogP) is 3.53. The zero-order valence-corrected chi connectivity index (χ0v) is 19.0. The van der Waals surface area contributed by atoms with Crippen molar-refractivity contribution >= 4 is 39.8 Å². The number of thioether (sulfide) groups is 1. The first kappa shape index (κ1) is 22.7. The molecule has 3 aromatic rings. The number of halogens is 1. The summed E-state index contributed by atoms with van der Waals surface area (Å²) in [6.45, 7) is 3.68. The maximum absolute atomic E-state index is 13.7. The maximum Gasteiger partial charge on any atom is 0.230 e. The van der Waals surface area contributed by atoms with Crippen molar-refractivity contribution in [2.24, 2.45) is 0 Å². The number of rotatable bonds is 9. The smallest absolute Gasteiger partial charge is 0.230 e. The van der Waals surface area contributed by atoms with Crippen LogP contribution in [0.1, 0.15) is 5.56 Å². The van der Waals surface area contributed by atoms with Crippen LogP contribution in [0.2, 0.25) is 0 Å². The number of aromatic nitrogens is 2. The van der Waals surface area contributed by atoms with Crippen LogP contribution in [0.4, 0.5) is 15.2 Å². The number of hydrogen-bond acceptors (Lipinski definition) is 8. The Balaban J connectivity index is 1.18. The number of benzene rings is 2. The van der Waals surface area contributed by atoms with Crippen molar-refractivity contribution in [3.05, 3.63) is 66.0 Å². The van der Waals surface area contributed by atoms with Crippen molar-refractivity contribution in [1.29, 1.82) is 0 Å². The lowest BCUT2D eigenvalue weighted by Crippen LogP contribution is -2.47. The largest absolute Gasteiger partial charge is 0.374 e. The molecule has 7 nitrogen and oxygen atoms in total. The summed E-state index contributed by atoms with van der Waals surface area (Å²) in [6.07, 6.45) is -0.0282. The number of para-hydroxylation sites is 1. The third-order valence-corrected chi connectivity index (χ3v) is 6.82. The van der Waals surface area contributed by atoms with Gasteiger partial charge >= 0.3 is 0 Å². The predicted molar refractivity (Wildman–Crippen MR) is 125 cm³/mol. The zero-order chi connectivity index (χ0) is 22.2. The molecule has 1 aliphatic rings. The number of morpholine rings is 1. The molecule has 0 saturated carbocycles. The van der Waals surface area contributed by atoms with E-state index in [2.05, 4.69) is 37.9 Å². The van der Waals surface area contributed by atoms with Gasteiger partial charge in [-0.1, -0.05) is 65.6 Å². The van der Waals surface area contributed by atoms with Crippen molar-refractivity contribution in [3.63, 3.8) is 0 Å². The molecule has 1 unspecified atom stereocenters. The summed E-state index contributed by atoms with van der Waals surface area (Å²) in [7, 11) is 0. The van der Waals surface area contributed by atoms with Crippen LogP contribution >= 0.6 is 23.1 Å². The first-order valence-electron chi connectivity index (χ1n) is 10.3. The Labute approximate surface area is 194 Å². The maximum atomic E-state index is 13.7. The van der Waals surface area contributed by atoms with Crippen LogP contribution in [0.5, 0.6) is 0 Å². The molecule has 2 aromatic carbocycles. The van der Waals surface area contributed by atoms with Crippen molar-refractivity contribution in [1.82, 2.24) is 20.4 Å². The Morgan fingerprint density at radius 1 is 1.19 bits per heavy atom. The van der Waals surface area contributed by atoms with Gasteiger partial charge in [-0.05, 0) is 17.7 Å². The van der Waals surface area contributed by atoms with E-state index in [1.165, 1.54) is 34.7 Å². The Morgan fingerprint density at radius 2 is 2.00 bits per heavy atom. The van der Waals surface area contributed by atoms with Crippen LogP contribution in [0, 0.1) is 5.82 Å². The second-order valence-corrected chi connectivity index (χ2v) is 9.48. The standard InChI is InChI=1S/C22H24FN5O2S2/c23-18-8-4-5-9-19(18)25-21-26-27-22(32-21)31-15-20(29)24-12-17-14-28(10-11-30-17)13-16-6-2-1-3-7-16/h1-9,17H,10-15H2,(H,24,29)(H,25,26). The average molecular weight is 474 g/mol. The molecule has 1 atom stereocenters. The van der Waals surface area contributed by atoms with E-state index < -0.39 is 0 Å². The number of carbonyl (C=O) groups excluding carboxylic acids is 1. The van der Waals surface area contributed by atoms with E-state index in [-0.39, 0.29) is 23.6 Å². The van der Waals surface area contributed by atoms with Crippen LogP contribution in [-0.4, -0.2) is 59.1 Å². The van der Waals surface area contributed by atoms with Gasteiger partial charge < -0.3 is 15.4 Å².